The van der Waals surface area contributed by atoms with Crippen LogP contribution in [0.2, 0.25) is 0 Å². The summed E-state index contributed by atoms with van der Waals surface area (Å²) in [5.74, 6) is -1.34. The number of aryl methyl sites for hydroxylation is 1. The third kappa shape index (κ3) is 2.65. The van der Waals surface area contributed by atoms with Crippen LogP contribution in [0.3, 0.4) is 0 Å². The van der Waals surface area contributed by atoms with Crippen LogP contribution in [0.25, 0.3) is 0 Å². The van der Waals surface area contributed by atoms with E-state index in [0.717, 1.165) is 0 Å². The normalized spacial score (nSPS) is 11.6. The van der Waals surface area contributed by atoms with Crippen molar-refractivity contribution in [2.75, 3.05) is 11.9 Å². The standard InChI is InChI=1S/C10H13F2N3/c1-3-14-10(13)15-9-7(11)5-4-6(2)8(9)12/h4-5H,3H2,1-2H3,(H3,13,14,15). The van der Waals surface area contributed by atoms with Crippen molar-refractivity contribution in [3.05, 3.63) is 29.3 Å². The fraction of sp³-hybridized carbons (Fsp3) is 0.300. The summed E-state index contributed by atoms with van der Waals surface area (Å²) < 4.78 is 26.7. The van der Waals surface area contributed by atoms with Gasteiger partial charge in [0.05, 0.1) is 0 Å². The van der Waals surface area contributed by atoms with Gasteiger partial charge in [-0.25, -0.2) is 8.78 Å². The maximum absolute atomic E-state index is 13.5. The molecule has 1 aromatic carbocycles. The molecule has 0 aromatic heterocycles. The van der Waals surface area contributed by atoms with Crippen molar-refractivity contribution in [1.29, 1.82) is 0 Å². The van der Waals surface area contributed by atoms with E-state index in [1.54, 1.807) is 13.8 Å². The van der Waals surface area contributed by atoms with Crippen molar-refractivity contribution < 1.29 is 8.78 Å². The number of guanidine groups is 1. The fourth-order valence-corrected chi connectivity index (χ4v) is 1.11. The zero-order chi connectivity index (χ0) is 11.4. The molecular weight excluding hydrogens is 200 g/mol. The summed E-state index contributed by atoms with van der Waals surface area (Å²) in [6, 6.07) is 2.54. The first-order valence-electron chi connectivity index (χ1n) is 4.57. The minimum absolute atomic E-state index is 0.000833. The molecule has 15 heavy (non-hydrogen) atoms. The maximum atomic E-state index is 13.5. The van der Waals surface area contributed by atoms with Crippen molar-refractivity contribution in [3.63, 3.8) is 0 Å². The summed E-state index contributed by atoms with van der Waals surface area (Å²) >= 11 is 0. The van der Waals surface area contributed by atoms with Crippen LogP contribution in [0.1, 0.15) is 12.5 Å². The molecule has 0 aliphatic rings. The third-order valence-electron chi connectivity index (χ3n) is 1.87. The van der Waals surface area contributed by atoms with E-state index in [1.165, 1.54) is 12.1 Å². The first-order valence-corrected chi connectivity index (χ1v) is 4.57. The molecular formula is C10H13F2N3. The molecule has 0 saturated heterocycles. The zero-order valence-corrected chi connectivity index (χ0v) is 8.64. The Morgan fingerprint density at radius 3 is 2.73 bits per heavy atom. The van der Waals surface area contributed by atoms with Crippen molar-refractivity contribution >= 4 is 11.6 Å². The Hall–Kier alpha value is -1.65. The number of halogens is 2. The van der Waals surface area contributed by atoms with Gasteiger partial charge in [0.15, 0.2) is 11.8 Å². The van der Waals surface area contributed by atoms with Crippen LogP contribution in [0.15, 0.2) is 17.1 Å². The molecule has 0 amide bonds. The van der Waals surface area contributed by atoms with Crippen molar-refractivity contribution in [2.24, 2.45) is 10.7 Å². The predicted molar refractivity (Wildman–Crippen MR) is 56.9 cm³/mol. The summed E-state index contributed by atoms with van der Waals surface area (Å²) in [7, 11) is 0. The molecule has 0 spiro atoms. The number of hydrogen-bond acceptors (Lipinski definition) is 1. The summed E-state index contributed by atoms with van der Waals surface area (Å²) in [4.78, 5) is 3.78. The smallest absolute Gasteiger partial charge is 0.193 e. The van der Waals surface area contributed by atoms with Crippen LogP contribution in [-0.2, 0) is 0 Å². The average Bonchev–Trinajstić information content (AvgIpc) is 2.19. The SMILES string of the molecule is CCN=C(N)Nc1c(F)ccc(C)c1F. The van der Waals surface area contributed by atoms with Gasteiger partial charge in [-0.2, -0.15) is 0 Å². The number of nitrogens with one attached hydrogen (secondary N) is 1. The lowest BCUT2D eigenvalue weighted by atomic mass is 10.2. The van der Waals surface area contributed by atoms with E-state index in [2.05, 4.69) is 10.3 Å². The molecule has 0 fully saturated rings. The van der Waals surface area contributed by atoms with E-state index >= 15 is 0 Å². The lowest BCUT2D eigenvalue weighted by molar-refractivity contribution is 0.585. The maximum Gasteiger partial charge on any atom is 0.193 e. The van der Waals surface area contributed by atoms with E-state index in [9.17, 15) is 8.78 Å². The molecule has 82 valence electrons. The predicted octanol–water partition coefficient (Wildman–Crippen LogP) is 2.02. The van der Waals surface area contributed by atoms with E-state index < -0.39 is 11.6 Å². The third-order valence-corrected chi connectivity index (χ3v) is 1.87. The van der Waals surface area contributed by atoms with Gasteiger partial charge in [0, 0.05) is 6.54 Å². The topological polar surface area (TPSA) is 50.4 Å². The quantitative estimate of drug-likeness (QED) is 0.583. The van der Waals surface area contributed by atoms with Gasteiger partial charge in [-0.05, 0) is 25.5 Å². The summed E-state index contributed by atoms with van der Waals surface area (Å²) in [5.41, 5.74) is 5.50. The van der Waals surface area contributed by atoms with Gasteiger partial charge >= 0.3 is 0 Å². The Bertz CT molecular complexity index is 388. The van der Waals surface area contributed by atoms with Gasteiger partial charge in [0.25, 0.3) is 0 Å². The van der Waals surface area contributed by atoms with Gasteiger partial charge in [0.1, 0.15) is 11.5 Å². The number of nitrogens with two attached hydrogens (primary N) is 1. The van der Waals surface area contributed by atoms with Crippen molar-refractivity contribution in [2.45, 2.75) is 13.8 Å². The monoisotopic (exact) mass is 213 g/mol. The molecule has 0 unspecified atom stereocenters. The number of nitrogens with zero attached hydrogens (tertiary/aromatic N) is 1. The second kappa shape index (κ2) is 4.72. The molecule has 5 heteroatoms. The molecule has 0 atom stereocenters. The number of anilines is 1. The first-order chi connectivity index (χ1) is 7.06. The van der Waals surface area contributed by atoms with Crippen LogP contribution in [-0.4, -0.2) is 12.5 Å². The second-order valence-electron chi connectivity index (χ2n) is 3.04. The van der Waals surface area contributed by atoms with Crippen LogP contribution >= 0.6 is 0 Å². The fourth-order valence-electron chi connectivity index (χ4n) is 1.11. The van der Waals surface area contributed by atoms with E-state index in [0.29, 0.717) is 12.1 Å². The second-order valence-corrected chi connectivity index (χ2v) is 3.04. The largest absolute Gasteiger partial charge is 0.370 e. The van der Waals surface area contributed by atoms with Crippen molar-refractivity contribution in [1.82, 2.24) is 0 Å². The Labute approximate surface area is 87.0 Å². The molecule has 0 radical (unpaired) electrons. The lowest BCUT2D eigenvalue weighted by Crippen LogP contribution is -2.24. The van der Waals surface area contributed by atoms with Gasteiger partial charge in [-0.3, -0.25) is 4.99 Å². The van der Waals surface area contributed by atoms with E-state index in [4.69, 9.17) is 5.73 Å². The minimum atomic E-state index is -0.688. The van der Waals surface area contributed by atoms with Crippen molar-refractivity contribution in [3.8, 4) is 0 Å². The van der Waals surface area contributed by atoms with Crippen LogP contribution in [0.4, 0.5) is 14.5 Å². The highest BCUT2D eigenvalue weighted by molar-refractivity contribution is 5.92. The Morgan fingerprint density at radius 2 is 2.13 bits per heavy atom. The van der Waals surface area contributed by atoms with E-state index in [-0.39, 0.29) is 11.6 Å². The molecule has 0 bridgehead atoms. The molecule has 0 aliphatic carbocycles. The zero-order valence-electron chi connectivity index (χ0n) is 8.64. The summed E-state index contributed by atoms with van der Waals surface area (Å²) in [5, 5.41) is 2.40. The van der Waals surface area contributed by atoms with Gasteiger partial charge in [-0.1, -0.05) is 6.07 Å². The van der Waals surface area contributed by atoms with Crippen LogP contribution in [0.5, 0.6) is 0 Å². The average molecular weight is 213 g/mol. The van der Waals surface area contributed by atoms with Gasteiger partial charge in [0.2, 0.25) is 0 Å². The highest BCUT2D eigenvalue weighted by Crippen LogP contribution is 2.21. The molecule has 3 nitrogen and oxygen atoms in total. The Balaban J connectivity index is 3.04. The van der Waals surface area contributed by atoms with Gasteiger partial charge < -0.3 is 11.1 Å². The highest BCUT2D eigenvalue weighted by Gasteiger charge is 2.11. The number of rotatable bonds is 2. The molecule has 0 heterocycles. The molecule has 0 saturated carbocycles. The van der Waals surface area contributed by atoms with E-state index in [1.807, 2.05) is 0 Å². The molecule has 1 rings (SSSR count). The minimum Gasteiger partial charge on any atom is -0.370 e. The first kappa shape index (κ1) is 11.4. The van der Waals surface area contributed by atoms with Crippen LogP contribution in [0, 0.1) is 18.6 Å². The summed E-state index contributed by atoms with van der Waals surface area (Å²) in [6.07, 6.45) is 0. The molecule has 0 aliphatic heterocycles. The lowest BCUT2D eigenvalue weighted by Gasteiger charge is -2.09. The Kier molecular flexibility index (Phi) is 3.60. The number of aliphatic imine (C=N–C) groups is 1. The Morgan fingerprint density at radius 1 is 1.47 bits per heavy atom. The van der Waals surface area contributed by atoms with Gasteiger partial charge in [-0.15, -0.1) is 0 Å². The highest BCUT2D eigenvalue weighted by atomic mass is 19.1. The molecule has 3 N–H and O–H groups in total. The van der Waals surface area contributed by atoms with Crippen LogP contribution < -0.4 is 11.1 Å². The molecule has 1 aromatic rings. The number of hydrogen-bond donors (Lipinski definition) is 2. The summed E-state index contributed by atoms with van der Waals surface area (Å²) in [6.45, 7) is 3.78. The number of benzene rings is 1.